The van der Waals surface area contributed by atoms with Crippen molar-refractivity contribution < 1.29 is 4.79 Å². The maximum absolute atomic E-state index is 12.5. The molecule has 0 radical (unpaired) electrons. The molecule has 0 saturated carbocycles. The molecule has 2 aromatic rings. The van der Waals surface area contributed by atoms with Gasteiger partial charge in [0.05, 0.1) is 9.58 Å². The average molecular weight is 290 g/mol. The van der Waals surface area contributed by atoms with E-state index in [2.05, 4.69) is 43.8 Å². The maximum Gasteiger partial charge on any atom is 0.263 e. The van der Waals surface area contributed by atoms with E-state index in [0.29, 0.717) is 6.04 Å². The number of piperidine rings is 1. The molecule has 0 N–H and O–H groups in total. The third kappa shape index (κ3) is 2.49. The van der Waals surface area contributed by atoms with Crippen LogP contribution in [-0.2, 0) is 0 Å². The minimum Gasteiger partial charge on any atom is -0.350 e. The molecule has 0 unspecified atom stereocenters. The normalized spacial score (nSPS) is 17.3. The van der Waals surface area contributed by atoms with E-state index in [4.69, 9.17) is 0 Å². The monoisotopic (exact) mass is 290 g/mol. The summed E-state index contributed by atoms with van der Waals surface area (Å²) in [5, 5.41) is 1.19. The zero-order chi connectivity index (χ0) is 14.3. The van der Waals surface area contributed by atoms with Gasteiger partial charge in [0.25, 0.3) is 5.91 Å². The molecule has 3 heterocycles. The predicted molar refractivity (Wildman–Crippen MR) is 84.5 cm³/mol. The fourth-order valence-corrected chi connectivity index (χ4v) is 3.77. The second-order valence-electron chi connectivity index (χ2n) is 6.20. The van der Waals surface area contributed by atoms with Crippen molar-refractivity contribution in [1.29, 1.82) is 0 Å². The number of thiophene rings is 1. The van der Waals surface area contributed by atoms with Crippen LogP contribution in [-0.4, -0.2) is 28.5 Å². The van der Waals surface area contributed by atoms with Crippen LogP contribution < -0.4 is 0 Å². The van der Waals surface area contributed by atoms with E-state index >= 15 is 0 Å². The lowest BCUT2D eigenvalue weighted by molar-refractivity contribution is 0.0702. The van der Waals surface area contributed by atoms with Crippen LogP contribution in [0.25, 0.3) is 10.1 Å². The number of rotatable bonds is 2. The van der Waals surface area contributed by atoms with Crippen LogP contribution in [0.3, 0.4) is 0 Å². The SMILES string of the molecule is CC1CCN(C(=O)c2cc3cn(C(C)C)cc3s2)CC1. The molecule has 3 rings (SSSR count). The molecule has 1 saturated heterocycles. The first-order valence-corrected chi connectivity index (χ1v) is 8.26. The summed E-state index contributed by atoms with van der Waals surface area (Å²) in [6, 6.07) is 2.52. The lowest BCUT2D eigenvalue weighted by atomic mass is 9.99. The molecule has 0 aromatic carbocycles. The van der Waals surface area contributed by atoms with Gasteiger partial charge in [0.2, 0.25) is 0 Å². The Labute approximate surface area is 124 Å². The van der Waals surface area contributed by atoms with Crippen LogP contribution in [0.4, 0.5) is 0 Å². The molecule has 1 aliphatic heterocycles. The summed E-state index contributed by atoms with van der Waals surface area (Å²) in [6.45, 7) is 8.43. The minimum atomic E-state index is 0.217. The molecule has 1 amide bonds. The predicted octanol–water partition coefficient (Wildman–Crippen LogP) is 4.16. The highest BCUT2D eigenvalue weighted by Gasteiger charge is 2.23. The quantitative estimate of drug-likeness (QED) is 0.815. The highest BCUT2D eigenvalue weighted by Crippen LogP contribution is 2.29. The van der Waals surface area contributed by atoms with Crippen LogP contribution in [0.5, 0.6) is 0 Å². The van der Waals surface area contributed by atoms with Gasteiger partial charge in [0.1, 0.15) is 0 Å². The zero-order valence-corrected chi connectivity index (χ0v) is 13.2. The van der Waals surface area contributed by atoms with Crippen molar-refractivity contribution in [2.24, 2.45) is 5.92 Å². The molecule has 20 heavy (non-hydrogen) atoms. The second-order valence-corrected chi connectivity index (χ2v) is 7.29. The van der Waals surface area contributed by atoms with Gasteiger partial charge in [0.15, 0.2) is 0 Å². The van der Waals surface area contributed by atoms with Crippen molar-refractivity contribution in [3.63, 3.8) is 0 Å². The van der Waals surface area contributed by atoms with E-state index < -0.39 is 0 Å². The molecular formula is C16H22N2OS. The number of hydrogen-bond donors (Lipinski definition) is 0. The average Bonchev–Trinajstić information content (AvgIpc) is 2.96. The Bertz CT molecular complexity index is 586. The Morgan fingerprint density at radius 2 is 2.00 bits per heavy atom. The van der Waals surface area contributed by atoms with Crippen molar-refractivity contribution >= 4 is 27.3 Å². The topological polar surface area (TPSA) is 25.2 Å². The molecule has 108 valence electrons. The Hall–Kier alpha value is -1.29. The van der Waals surface area contributed by atoms with E-state index in [1.807, 2.05) is 4.90 Å². The molecule has 0 atom stereocenters. The number of fused-ring (bicyclic) bond motifs is 1. The summed E-state index contributed by atoms with van der Waals surface area (Å²) in [5.41, 5.74) is 0. The van der Waals surface area contributed by atoms with Crippen molar-refractivity contribution in [3.8, 4) is 0 Å². The maximum atomic E-state index is 12.5. The number of amides is 1. The smallest absolute Gasteiger partial charge is 0.263 e. The molecule has 0 aliphatic carbocycles. The van der Waals surface area contributed by atoms with Gasteiger partial charge in [-0.25, -0.2) is 0 Å². The summed E-state index contributed by atoms with van der Waals surface area (Å²) in [5.74, 6) is 0.975. The van der Waals surface area contributed by atoms with Crippen LogP contribution in [0, 0.1) is 5.92 Å². The number of hydrogen-bond acceptors (Lipinski definition) is 2. The van der Waals surface area contributed by atoms with Gasteiger partial charge in [-0.05, 0) is 38.7 Å². The van der Waals surface area contributed by atoms with Crippen LogP contribution in [0.1, 0.15) is 49.3 Å². The number of nitrogens with zero attached hydrogens (tertiary/aromatic N) is 2. The number of aromatic nitrogens is 1. The third-order valence-corrected chi connectivity index (χ3v) is 5.30. The second kappa shape index (κ2) is 5.24. The number of carbonyl (C=O) groups excluding carboxylic acids is 1. The first kappa shape index (κ1) is 13.7. The highest BCUT2D eigenvalue weighted by molar-refractivity contribution is 7.20. The molecule has 3 nitrogen and oxygen atoms in total. The summed E-state index contributed by atoms with van der Waals surface area (Å²) in [4.78, 5) is 15.4. The Kier molecular flexibility index (Phi) is 3.59. The van der Waals surface area contributed by atoms with Gasteiger partial charge in [-0.2, -0.15) is 0 Å². The minimum absolute atomic E-state index is 0.217. The van der Waals surface area contributed by atoms with Crippen molar-refractivity contribution in [2.45, 2.75) is 39.7 Å². The molecular weight excluding hydrogens is 268 g/mol. The molecule has 0 bridgehead atoms. The summed E-state index contributed by atoms with van der Waals surface area (Å²) < 4.78 is 3.42. The Balaban J connectivity index is 1.79. The Morgan fingerprint density at radius 1 is 1.30 bits per heavy atom. The fraction of sp³-hybridized carbons (Fsp3) is 0.562. The van der Waals surface area contributed by atoms with Crippen molar-refractivity contribution in [1.82, 2.24) is 9.47 Å². The van der Waals surface area contributed by atoms with Crippen LogP contribution in [0.15, 0.2) is 18.5 Å². The largest absolute Gasteiger partial charge is 0.350 e. The van der Waals surface area contributed by atoms with E-state index in [1.165, 1.54) is 10.1 Å². The van der Waals surface area contributed by atoms with Gasteiger partial charge < -0.3 is 9.47 Å². The van der Waals surface area contributed by atoms with E-state index in [1.54, 1.807) is 11.3 Å². The van der Waals surface area contributed by atoms with Gasteiger partial charge in [0, 0.05) is 36.9 Å². The number of likely N-dealkylation sites (tertiary alicyclic amines) is 1. The van der Waals surface area contributed by atoms with Gasteiger partial charge in [-0.15, -0.1) is 11.3 Å². The number of carbonyl (C=O) groups is 1. The Morgan fingerprint density at radius 3 is 2.60 bits per heavy atom. The van der Waals surface area contributed by atoms with E-state index in [0.717, 1.165) is 36.7 Å². The van der Waals surface area contributed by atoms with Crippen LogP contribution >= 0.6 is 11.3 Å². The van der Waals surface area contributed by atoms with Crippen molar-refractivity contribution in [2.75, 3.05) is 13.1 Å². The summed E-state index contributed by atoms with van der Waals surface area (Å²) >= 11 is 1.63. The summed E-state index contributed by atoms with van der Waals surface area (Å²) in [6.07, 6.45) is 6.57. The standard InChI is InChI=1S/C16H22N2OS/c1-11(2)18-9-13-8-14(20-15(13)10-18)16(19)17-6-4-12(3)5-7-17/h8-12H,4-7H2,1-3H3. The lowest BCUT2D eigenvalue weighted by Crippen LogP contribution is -2.37. The zero-order valence-electron chi connectivity index (χ0n) is 12.4. The first-order valence-electron chi connectivity index (χ1n) is 7.45. The molecule has 1 fully saturated rings. The van der Waals surface area contributed by atoms with Gasteiger partial charge >= 0.3 is 0 Å². The van der Waals surface area contributed by atoms with Crippen LogP contribution in [0.2, 0.25) is 0 Å². The highest BCUT2D eigenvalue weighted by atomic mass is 32.1. The van der Waals surface area contributed by atoms with E-state index in [9.17, 15) is 4.79 Å². The molecule has 1 aliphatic rings. The van der Waals surface area contributed by atoms with Gasteiger partial charge in [-0.3, -0.25) is 4.79 Å². The van der Waals surface area contributed by atoms with Gasteiger partial charge in [-0.1, -0.05) is 6.92 Å². The summed E-state index contributed by atoms with van der Waals surface area (Å²) in [7, 11) is 0. The molecule has 2 aromatic heterocycles. The van der Waals surface area contributed by atoms with E-state index in [-0.39, 0.29) is 5.91 Å². The third-order valence-electron chi connectivity index (χ3n) is 4.22. The first-order chi connectivity index (χ1) is 9.54. The fourth-order valence-electron chi connectivity index (χ4n) is 2.73. The molecule has 0 spiro atoms. The molecule has 4 heteroatoms. The van der Waals surface area contributed by atoms with Crippen molar-refractivity contribution in [3.05, 3.63) is 23.3 Å². The lowest BCUT2D eigenvalue weighted by Gasteiger charge is -2.29.